The highest BCUT2D eigenvalue weighted by Gasteiger charge is 2.32. The van der Waals surface area contributed by atoms with Crippen LogP contribution >= 0.6 is 12.6 Å². The maximum Gasteiger partial charge on any atom is 0.253 e. The van der Waals surface area contributed by atoms with Gasteiger partial charge in [0.05, 0.1) is 6.61 Å². The van der Waals surface area contributed by atoms with Gasteiger partial charge in [-0.05, 0) is 24.3 Å². The monoisotopic (exact) mass is 324 g/mol. The highest BCUT2D eigenvalue weighted by molar-refractivity contribution is 7.80. The van der Waals surface area contributed by atoms with E-state index < -0.39 is 23.3 Å². The maximum atomic E-state index is 11.7. The molecule has 22 heavy (non-hydrogen) atoms. The lowest BCUT2D eigenvalue weighted by atomic mass is 9.87. The number of carbonyl (C=O) groups excluding carboxylic acids is 2. The fourth-order valence-corrected chi connectivity index (χ4v) is 1.60. The van der Waals surface area contributed by atoms with E-state index >= 15 is 0 Å². The molecule has 1 aromatic carbocycles. The first-order valence-electron chi connectivity index (χ1n) is 6.62. The van der Waals surface area contributed by atoms with Crippen LogP contribution in [0.2, 0.25) is 0 Å². The Kier molecular flexibility index (Phi) is 6.61. The van der Waals surface area contributed by atoms with Gasteiger partial charge in [-0.3, -0.25) is 9.59 Å². The average molecular weight is 324 g/mol. The molecule has 0 saturated carbocycles. The van der Waals surface area contributed by atoms with Crippen LogP contribution in [0.3, 0.4) is 0 Å². The van der Waals surface area contributed by atoms with E-state index in [4.69, 9.17) is 5.11 Å². The number of aliphatic hydroxyl groups excluding tert-OH is 2. The predicted molar refractivity (Wildman–Crippen MR) is 86.5 cm³/mol. The van der Waals surface area contributed by atoms with E-state index in [1.165, 1.54) is 0 Å². The zero-order chi connectivity index (χ0) is 16.8. The fourth-order valence-electron chi connectivity index (χ4n) is 1.45. The molecule has 0 saturated heterocycles. The van der Waals surface area contributed by atoms with Crippen LogP contribution in [0.15, 0.2) is 41.4 Å². The molecule has 0 aliphatic carbocycles. The van der Waals surface area contributed by atoms with Crippen LogP contribution in [0.4, 0.5) is 5.69 Å². The molecule has 4 N–H and O–H groups in total. The summed E-state index contributed by atoms with van der Waals surface area (Å²) < 4.78 is 0. The molecule has 1 rings (SSSR count). The van der Waals surface area contributed by atoms with Crippen LogP contribution in [0.1, 0.15) is 13.8 Å². The van der Waals surface area contributed by atoms with E-state index in [1.54, 1.807) is 38.1 Å². The lowest BCUT2D eigenvalue weighted by Gasteiger charge is -2.26. The summed E-state index contributed by atoms with van der Waals surface area (Å²) in [6, 6.07) is 6.86. The molecule has 0 aromatic heterocycles. The molecule has 0 aliphatic heterocycles. The van der Waals surface area contributed by atoms with Crippen LogP contribution in [-0.4, -0.2) is 34.7 Å². The van der Waals surface area contributed by atoms with Gasteiger partial charge >= 0.3 is 0 Å². The Hall–Kier alpha value is -1.83. The molecule has 1 unspecified atom stereocenters. The lowest BCUT2D eigenvalue weighted by Crippen LogP contribution is -2.44. The number of benzene rings is 1. The van der Waals surface area contributed by atoms with Gasteiger partial charge in [0.25, 0.3) is 5.91 Å². The molecule has 0 radical (unpaired) electrons. The Morgan fingerprint density at radius 3 is 2.45 bits per heavy atom. The molecule has 0 heterocycles. The van der Waals surface area contributed by atoms with Crippen molar-refractivity contribution in [2.45, 2.75) is 24.8 Å². The molecule has 7 heteroatoms. The molecule has 120 valence electrons. The van der Waals surface area contributed by atoms with Crippen molar-refractivity contribution in [3.8, 4) is 0 Å². The molecule has 0 fully saturated rings. The molecular formula is C15H20N2O4S. The van der Waals surface area contributed by atoms with Crippen molar-refractivity contribution < 1.29 is 19.8 Å². The van der Waals surface area contributed by atoms with Crippen LogP contribution in [0.25, 0.3) is 0 Å². The second-order valence-electron chi connectivity index (χ2n) is 5.43. The molecule has 0 spiro atoms. The van der Waals surface area contributed by atoms with Crippen molar-refractivity contribution in [2.75, 3.05) is 11.9 Å². The van der Waals surface area contributed by atoms with E-state index in [-0.39, 0.29) is 6.61 Å². The first-order chi connectivity index (χ1) is 10.3. The summed E-state index contributed by atoms with van der Waals surface area (Å²) in [6.07, 6.45) is 0.889. The van der Waals surface area contributed by atoms with Gasteiger partial charge in [-0.2, -0.15) is 0 Å². The summed E-state index contributed by atoms with van der Waals surface area (Å²) in [5.74, 6) is -1.12. The summed E-state index contributed by atoms with van der Waals surface area (Å²) in [4.78, 5) is 24.1. The average Bonchev–Trinajstić information content (AvgIpc) is 2.48. The minimum absolute atomic E-state index is 0.340. The summed E-state index contributed by atoms with van der Waals surface area (Å²) in [5, 5.41) is 23.7. The maximum absolute atomic E-state index is 11.7. The number of anilines is 1. The van der Waals surface area contributed by atoms with E-state index in [9.17, 15) is 14.7 Å². The van der Waals surface area contributed by atoms with Crippen molar-refractivity contribution in [1.82, 2.24) is 5.32 Å². The van der Waals surface area contributed by atoms with Crippen LogP contribution in [0.5, 0.6) is 0 Å². The van der Waals surface area contributed by atoms with Gasteiger partial charge in [0.15, 0.2) is 0 Å². The standard InChI is InChI=1S/C15H20N2O4S/c1-15(2,9-18)13(20)14(21)16-8-7-12(19)17-10-3-5-11(22)6-4-10/h3-8,13,18,20,22H,9H2,1-2H3,(H,16,21)(H,17,19)/b8-7+. The van der Waals surface area contributed by atoms with Crippen molar-refractivity contribution in [3.05, 3.63) is 36.5 Å². The number of amides is 2. The molecular weight excluding hydrogens is 304 g/mol. The largest absolute Gasteiger partial charge is 0.396 e. The van der Waals surface area contributed by atoms with Gasteiger partial charge in [0, 0.05) is 28.3 Å². The number of nitrogens with one attached hydrogen (secondary N) is 2. The van der Waals surface area contributed by atoms with E-state index in [1.807, 2.05) is 0 Å². The highest BCUT2D eigenvalue weighted by Crippen LogP contribution is 2.19. The Morgan fingerprint density at radius 1 is 1.32 bits per heavy atom. The summed E-state index contributed by atoms with van der Waals surface area (Å²) in [6.45, 7) is 2.77. The topological polar surface area (TPSA) is 98.7 Å². The number of thiol groups is 1. The van der Waals surface area contributed by atoms with Gasteiger partial charge in [-0.15, -0.1) is 12.6 Å². The van der Waals surface area contributed by atoms with Crippen LogP contribution in [0, 0.1) is 5.41 Å². The number of carbonyl (C=O) groups is 2. The fraction of sp³-hybridized carbons (Fsp3) is 0.333. The lowest BCUT2D eigenvalue weighted by molar-refractivity contribution is -0.136. The summed E-state index contributed by atoms with van der Waals surface area (Å²) >= 11 is 4.14. The van der Waals surface area contributed by atoms with Crippen molar-refractivity contribution >= 4 is 30.1 Å². The summed E-state index contributed by atoms with van der Waals surface area (Å²) in [5.41, 5.74) is -0.366. The second kappa shape index (κ2) is 7.98. The zero-order valence-corrected chi connectivity index (χ0v) is 13.3. The highest BCUT2D eigenvalue weighted by atomic mass is 32.1. The Morgan fingerprint density at radius 2 is 1.91 bits per heavy atom. The Balaban J connectivity index is 2.49. The van der Waals surface area contributed by atoms with Crippen LogP contribution in [-0.2, 0) is 9.59 Å². The third-order valence-corrected chi connectivity index (χ3v) is 3.29. The van der Waals surface area contributed by atoms with E-state index in [0.717, 1.165) is 17.2 Å². The number of aliphatic hydroxyl groups is 2. The number of hydrogen-bond acceptors (Lipinski definition) is 5. The summed E-state index contributed by atoms with van der Waals surface area (Å²) in [7, 11) is 0. The number of hydrogen-bond donors (Lipinski definition) is 5. The molecule has 1 atom stereocenters. The van der Waals surface area contributed by atoms with E-state index in [0.29, 0.717) is 5.69 Å². The Bertz CT molecular complexity index is 555. The molecule has 0 bridgehead atoms. The smallest absolute Gasteiger partial charge is 0.253 e. The second-order valence-corrected chi connectivity index (χ2v) is 5.94. The molecule has 1 aromatic rings. The third-order valence-electron chi connectivity index (χ3n) is 2.99. The van der Waals surface area contributed by atoms with Gasteiger partial charge in [0.1, 0.15) is 6.10 Å². The van der Waals surface area contributed by atoms with Gasteiger partial charge < -0.3 is 20.8 Å². The zero-order valence-electron chi connectivity index (χ0n) is 12.4. The van der Waals surface area contributed by atoms with Gasteiger partial charge in [-0.25, -0.2) is 0 Å². The van der Waals surface area contributed by atoms with Gasteiger partial charge in [0.2, 0.25) is 5.91 Å². The molecule has 0 aliphatic rings. The van der Waals surface area contributed by atoms with Crippen molar-refractivity contribution in [2.24, 2.45) is 5.41 Å². The van der Waals surface area contributed by atoms with E-state index in [2.05, 4.69) is 23.3 Å². The van der Waals surface area contributed by atoms with Crippen molar-refractivity contribution in [3.63, 3.8) is 0 Å². The quantitative estimate of drug-likeness (QED) is 0.397. The van der Waals surface area contributed by atoms with Crippen molar-refractivity contribution in [1.29, 1.82) is 0 Å². The van der Waals surface area contributed by atoms with Gasteiger partial charge in [-0.1, -0.05) is 13.8 Å². The predicted octanol–water partition coefficient (Wildman–Crippen LogP) is 0.923. The third kappa shape index (κ3) is 5.51. The minimum Gasteiger partial charge on any atom is -0.396 e. The first kappa shape index (κ1) is 18.2. The molecule has 6 nitrogen and oxygen atoms in total. The normalized spacial score (nSPS) is 13.0. The Labute approximate surface area is 134 Å². The first-order valence-corrected chi connectivity index (χ1v) is 7.07. The SMILES string of the molecule is CC(C)(CO)C(O)C(=O)N/C=C/C(=O)Nc1ccc(S)cc1. The van der Waals surface area contributed by atoms with Crippen LogP contribution < -0.4 is 10.6 Å². The number of rotatable bonds is 6. The minimum atomic E-state index is -1.38. The molecule has 2 amide bonds.